The Hall–Kier alpha value is -0.920. The maximum Gasteiger partial charge on any atom is 0.336 e. The predicted octanol–water partition coefficient (Wildman–Crippen LogP) is 2.55. The van der Waals surface area contributed by atoms with Crippen molar-refractivity contribution >= 4 is 27.3 Å². The number of carboxylic acids is 1. The molecule has 1 aliphatic rings. The van der Waals surface area contributed by atoms with Gasteiger partial charge in [-0.2, -0.15) is 0 Å². The van der Waals surface area contributed by atoms with E-state index in [1.54, 1.807) is 0 Å². The summed E-state index contributed by atoms with van der Waals surface area (Å²) < 4.78 is 27.3. The van der Waals surface area contributed by atoms with E-state index >= 15 is 0 Å². The molecule has 3 atom stereocenters. The van der Waals surface area contributed by atoms with Gasteiger partial charge in [0.2, 0.25) is 10.0 Å². The molecule has 0 radical (unpaired) electrons. The van der Waals surface area contributed by atoms with Gasteiger partial charge in [0.15, 0.2) is 0 Å². The Morgan fingerprint density at radius 3 is 2.70 bits per heavy atom. The highest BCUT2D eigenvalue weighted by molar-refractivity contribution is 7.91. The Morgan fingerprint density at radius 1 is 1.50 bits per heavy atom. The van der Waals surface area contributed by atoms with E-state index < -0.39 is 16.0 Å². The zero-order valence-electron chi connectivity index (χ0n) is 11.5. The van der Waals surface area contributed by atoms with Crippen molar-refractivity contribution in [3.05, 3.63) is 17.0 Å². The summed E-state index contributed by atoms with van der Waals surface area (Å²) in [4.78, 5) is 10.8. The summed E-state index contributed by atoms with van der Waals surface area (Å²) in [5.41, 5.74) is 0.0151. The van der Waals surface area contributed by atoms with Gasteiger partial charge in [0, 0.05) is 11.4 Å². The largest absolute Gasteiger partial charge is 0.478 e. The van der Waals surface area contributed by atoms with Crippen molar-refractivity contribution in [2.24, 2.45) is 11.8 Å². The summed E-state index contributed by atoms with van der Waals surface area (Å²) >= 11 is 0.945. The van der Waals surface area contributed by atoms with E-state index in [2.05, 4.69) is 18.6 Å². The van der Waals surface area contributed by atoms with Crippen molar-refractivity contribution in [1.82, 2.24) is 4.72 Å². The lowest BCUT2D eigenvalue weighted by Gasteiger charge is -2.20. The maximum atomic E-state index is 12.3. The second-order valence-electron chi connectivity index (χ2n) is 5.29. The van der Waals surface area contributed by atoms with Crippen LogP contribution in [-0.4, -0.2) is 25.5 Å². The van der Waals surface area contributed by atoms with Crippen LogP contribution in [0.3, 0.4) is 0 Å². The summed E-state index contributed by atoms with van der Waals surface area (Å²) in [5.74, 6) is -0.239. The molecule has 2 rings (SSSR count). The molecule has 2 N–H and O–H groups in total. The molecule has 7 heteroatoms. The van der Waals surface area contributed by atoms with Crippen molar-refractivity contribution in [2.75, 3.05) is 0 Å². The number of sulfonamides is 1. The third-order valence-corrected chi connectivity index (χ3v) is 7.07. The molecule has 1 aliphatic carbocycles. The van der Waals surface area contributed by atoms with Crippen LogP contribution in [0.4, 0.5) is 0 Å². The standard InChI is InChI=1S/C13H19NO4S2/c1-3-9-4-5-11(8(9)2)14-20(17,18)12-6-10(7-19-12)13(15)16/h6-9,11,14H,3-5H2,1-2H3,(H,15,16). The molecule has 1 fully saturated rings. The summed E-state index contributed by atoms with van der Waals surface area (Å²) in [6.07, 6.45) is 2.94. The zero-order chi connectivity index (χ0) is 14.9. The highest BCUT2D eigenvalue weighted by Crippen LogP contribution is 2.35. The van der Waals surface area contributed by atoms with Crippen LogP contribution in [0, 0.1) is 11.8 Å². The highest BCUT2D eigenvalue weighted by Gasteiger charge is 2.34. The van der Waals surface area contributed by atoms with Crippen LogP contribution < -0.4 is 4.72 Å². The van der Waals surface area contributed by atoms with Crippen LogP contribution in [0.2, 0.25) is 0 Å². The zero-order valence-corrected chi connectivity index (χ0v) is 13.1. The molecule has 1 heterocycles. The van der Waals surface area contributed by atoms with Crippen LogP contribution in [0.15, 0.2) is 15.7 Å². The molecule has 0 bridgehead atoms. The summed E-state index contributed by atoms with van der Waals surface area (Å²) in [5, 5.41) is 10.2. The van der Waals surface area contributed by atoms with E-state index in [1.165, 1.54) is 11.4 Å². The normalized spacial score (nSPS) is 26.8. The quantitative estimate of drug-likeness (QED) is 0.874. The molecule has 1 aromatic heterocycles. The Bertz CT molecular complexity index is 593. The van der Waals surface area contributed by atoms with Gasteiger partial charge in [-0.3, -0.25) is 0 Å². The van der Waals surface area contributed by atoms with E-state index in [9.17, 15) is 13.2 Å². The molecular formula is C13H19NO4S2. The lowest BCUT2D eigenvalue weighted by Crippen LogP contribution is -2.37. The van der Waals surface area contributed by atoms with Crippen LogP contribution in [0.5, 0.6) is 0 Å². The molecule has 1 aromatic rings. The number of hydrogen-bond acceptors (Lipinski definition) is 4. The molecule has 5 nitrogen and oxygen atoms in total. The molecule has 1 saturated carbocycles. The fraction of sp³-hybridized carbons (Fsp3) is 0.615. The van der Waals surface area contributed by atoms with Gasteiger partial charge in [-0.15, -0.1) is 11.3 Å². The number of rotatable bonds is 5. The number of hydrogen-bond donors (Lipinski definition) is 2. The predicted molar refractivity (Wildman–Crippen MR) is 77.6 cm³/mol. The lowest BCUT2D eigenvalue weighted by molar-refractivity contribution is 0.0697. The first-order valence-corrected chi connectivity index (χ1v) is 9.05. The second-order valence-corrected chi connectivity index (χ2v) is 8.14. The average Bonchev–Trinajstić information content (AvgIpc) is 2.98. The minimum atomic E-state index is -3.62. The van der Waals surface area contributed by atoms with Gasteiger partial charge in [-0.05, 0) is 30.7 Å². The van der Waals surface area contributed by atoms with Gasteiger partial charge in [0.1, 0.15) is 4.21 Å². The van der Waals surface area contributed by atoms with E-state index in [0.29, 0.717) is 11.8 Å². The summed E-state index contributed by atoms with van der Waals surface area (Å²) in [6.45, 7) is 4.20. The van der Waals surface area contributed by atoms with Gasteiger partial charge < -0.3 is 5.11 Å². The number of aromatic carboxylic acids is 1. The number of thiophene rings is 1. The highest BCUT2D eigenvalue weighted by atomic mass is 32.2. The van der Waals surface area contributed by atoms with Crippen LogP contribution in [0.1, 0.15) is 43.5 Å². The molecule has 0 aromatic carbocycles. The molecule has 0 spiro atoms. The minimum absolute atomic E-state index is 0.0151. The van der Waals surface area contributed by atoms with Crippen molar-refractivity contribution < 1.29 is 18.3 Å². The third-order valence-electron chi connectivity index (χ3n) is 4.14. The van der Waals surface area contributed by atoms with Gasteiger partial charge in [-0.25, -0.2) is 17.9 Å². The van der Waals surface area contributed by atoms with Gasteiger partial charge in [0.05, 0.1) is 5.56 Å². The second kappa shape index (κ2) is 5.83. The monoisotopic (exact) mass is 317 g/mol. The molecule has 3 unspecified atom stereocenters. The fourth-order valence-corrected chi connectivity index (χ4v) is 5.35. The van der Waals surface area contributed by atoms with Crippen molar-refractivity contribution in [1.29, 1.82) is 0 Å². The SMILES string of the molecule is CCC1CCC(NS(=O)(=O)c2cc(C(=O)O)cs2)C1C. The summed E-state index contributed by atoms with van der Waals surface area (Å²) in [7, 11) is -3.62. The van der Waals surface area contributed by atoms with Gasteiger partial charge >= 0.3 is 5.97 Å². The van der Waals surface area contributed by atoms with Crippen LogP contribution in [-0.2, 0) is 10.0 Å². The van der Waals surface area contributed by atoms with Crippen LogP contribution >= 0.6 is 11.3 Å². The molecule has 0 saturated heterocycles. The molecule has 20 heavy (non-hydrogen) atoms. The van der Waals surface area contributed by atoms with E-state index in [-0.39, 0.29) is 15.8 Å². The maximum absolute atomic E-state index is 12.3. The Kier molecular flexibility index (Phi) is 4.51. The topological polar surface area (TPSA) is 83.5 Å². The van der Waals surface area contributed by atoms with Gasteiger partial charge in [0.25, 0.3) is 0 Å². The molecule has 0 amide bonds. The molecular weight excluding hydrogens is 298 g/mol. The van der Waals surface area contributed by atoms with E-state index in [4.69, 9.17) is 5.11 Å². The Morgan fingerprint density at radius 2 is 2.20 bits per heavy atom. The lowest BCUT2D eigenvalue weighted by atomic mass is 9.94. The first-order valence-electron chi connectivity index (χ1n) is 6.69. The molecule has 112 valence electrons. The summed E-state index contributed by atoms with van der Waals surface area (Å²) in [6, 6.07) is 1.16. The Labute approximate surface area is 123 Å². The van der Waals surface area contributed by atoms with Crippen molar-refractivity contribution in [3.63, 3.8) is 0 Å². The third kappa shape index (κ3) is 3.05. The first-order chi connectivity index (χ1) is 9.35. The van der Waals surface area contributed by atoms with Crippen LogP contribution in [0.25, 0.3) is 0 Å². The average molecular weight is 317 g/mol. The van der Waals surface area contributed by atoms with Gasteiger partial charge in [-0.1, -0.05) is 20.3 Å². The fourth-order valence-electron chi connectivity index (χ4n) is 2.82. The molecule has 0 aliphatic heterocycles. The number of carboxylic acid groups (broad SMARTS) is 1. The number of nitrogens with one attached hydrogen (secondary N) is 1. The smallest absolute Gasteiger partial charge is 0.336 e. The first kappa shape index (κ1) is 15.5. The number of carbonyl (C=O) groups is 1. The van der Waals surface area contributed by atoms with Crippen molar-refractivity contribution in [3.8, 4) is 0 Å². The Balaban J connectivity index is 2.13. The van der Waals surface area contributed by atoms with E-state index in [0.717, 1.165) is 30.6 Å². The van der Waals surface area contributed by atoms with E-state index in [1.807, 2.05) is 0 Å². The van der Waals surface area contributed by atoms with Crippen molar-refractivity contribution in [2.45, 2.75) is 43.4 Å². The minimum Gasteiger partial charge on any atom is -0.478 e.